The third kappa shape index (κ3) is 3.58. The van der Waals surface area contributed by atoms with Crippen molar-refractivity contribution in [3.8, 4) is 0 Å². The van der Waals surface area contributed by atoms with Crippen LogP contribution >= 0.6 is 0 Å². The zero-order valence-corrected chi connectivity index (χ0v) is 18.9. The van der Waals surface area contributed by atoms with Gasteiger partial charge in [-0.2, -0.15) is 0 Å². The first kappa shape index (κ1) is 21.3. The third-order valence-electron chi connectivity index (χ3n) is 9.39. The van der Waals surface area contributed by atoms with E-state index in [1.54, 1.807) is 0 Å². The van der Waals surface area contributed by atoms with Gasteiger partial charge in [0.15, 0.2) is 5.78 Å². The van der Waals surface area contributed by atoms with Crippen LogP contribution < -0.4 is 0 Å². The molecular formula is C25H40O4. The van der Waals surface area contributed by atoms with Crippen molar-refractivity contribution in [2.45, 2.75) is 103 Å². The fraction of sp³-hybridized carbons (Fsp3) is 0.920. The molecule has 4 rings (SSSR count). The van der Waals surface area contributed by atoms with Gasteiger partial charge in [-0.3, -0.25) is 9.59 Å². The normalized spacial score (nSPS) is 45.5. The summed E-state index contributed by atoms with van der Waals surface area (Å²) in [6.07, 6.45) is 11.4. The van der Waals surface area contributed by atoms with Crippen molar-refractivity contribution in [2.24, 2.45) is 35.0 Å². The van der Waals surface area contributed by atoms with Crippen LogP contribution in [-0.2, 0) is 19.1 Å². The summed E-state index contributed by atoms with van der Waals surface area (Å²) in [5.74, 6) is 2.89. The predicted octanol–water partition coefficient (Wildman–Crippen LogP) is 5.33. The maximum absolute atomic E-state index is 13.7. The summed E-state index contributed by atoms with van der Waals surface area (Å²) in [6.45, 7) is 7.03. The highest BCUT2D eigenvalue weighted by Crippen LogP contribution is 2.64. The number of ether oxygens (including phenoxy) is 2. The van der Waals surface area contributed by atoms with Crippen LogP contribution in [0.1, 0.15) is 91.4 Å². The van der Waals surface area contributed by atoms with Crippen LogP contribution in [0.15, 0.2) is 0 Å². The Morgan fingerprint density at radius 1 is 1.21 bits per heavy atom. The third-order valence-corrected chi connectivity index (χ3v) is 9.39. The van der Waals surface area contributed by atoms with E-state index in [1.165, 1.54) is 26.4 Å². The van der Waals surface area contributed by atoms with E-state index in [0.717, 1.165) is 38.5 Å². The summed E-state index contributed by atoms with van der Waals surface area (Å²) in [6, 6.07) is 0. The molecule has 0 amide bonds. The number of methoxy groups -OCH3 is 1. The van der Waals surface area contributed by atoms with Gasteiger partial charge in [-0.05, 0) is 86.4 Å². The maximum atomic E-state index is 13.7. The van der Waals surface area contributed by atoms with E-state index in [1.807, 2.05) is 0 Å². The van der Waals surface area contributed by atoms with Crippen LogP contribution in [0, 0.1) is 35.0 Å². The Morgan fingerprint density at radius 2 is 1.97 bits per heavy atom. The molecule has 0 aromatic heterocycles. The van der Waals surface area contributed by atoms with E-state index < -0.39 is 5.60 Å². The smallest absolute Gasteiger partial charge is 0.305 e. The standard InChI is InChI=1S/C25H40O4/c1-16-7-9-21-20-11-10-19(17(2)8-12-23(27)28-4)24(20,3)15-22(26)25(21)13-5-6-18(14-16)29-25/h16-21H,5-15H2,1-4H3/t16-,17-,18-,19+,20-,21+,24+,25+/m1/s1. The Kier molecular flexibility index (Phi) is 5.87. The average Bonchev–Trinajstić information content (AvgIpc) is 3.02. The van der Waals surface area contributed by atoms with Crippen LogP contribution in [0.25, 0.3) is 0 Å². The molecule has 2 bridgehead atoms. The van der Waals surface area contributed by atoms with Gasteiger partial charge >= 0.3 is 5.97 Å². The lowest BCUT2D eigenvalue weighted by Gasteiger charge is -2.57. The molecule has 2 aliphatic heterocycles. The molecule has 2 aliphatic carbocycles. The number of carbonyl (C=O) groups excluding carboxylic acids is 2. The van der Waals surface area contributed by atoms with Crippen molar-refractivity contribution in [3.63, 3.8) is 0 Å². The van der Waals surface area contributed by atoms with Gasteiger partial charge in [0.2, 0.25) is 0 Å². The van der Waals surface area contributed by atoms with Crippen LogP contribution in [0.3, 0.4) is 0 Å². The lowest BCUT2D eigenvalue weighted by molar-refractivity contribution is -0.213. The highest BCUT2D eigenvalue weighted by atomic mass is 16.5. The van der Waals surface area contributed by atoms with Gasteiger partial charge in [0.25, 0.3) is 0 Å². The summed E-state index contributed by atoms with van der Waals surface area (Å²) in [5, 5.41) is 0. The average molecular weight is 405 g/mol. The van der Waals surface area contributed by atoms with Crippen molar-refractivity contribution in [2.75, 3.05) is 7.11 Å². The summed E-state index contributed by atoms with van der Waals surface area (Å²) >= 11 is 0. The van der Waals surface area contributed by atoms with Crippen molar-refractivity contribution in [1.82, 2.24) is 0 Å². The van der Waals surface area contributed by atoms with Crippen molar-refractivity contribution in [3.05, 3.63) is 0 Å². The molecule has 0 N–H and O–H groups in total. The van der Waals surface area contributed by atoms with Gasteiger partial charge in [0, 0.05) is 12.8 Å². The van der Waals surface area contributed by atoms with E-state index in [9.17, 15) is 9.59 Å². The molecular weight excluding hydrogens is 364 g/mol. The molecule has 4 fully saturated rings. The Balaban J connectivity index is 1.59. The summed E-state index contributed by atoms with van der Waals surface area (Å²) in [5.41, 5.74) is -0.432. The number of hydrogen-bond acceptors (Lipinski definition) is 4. The molecule has 2 heterocycles. The Morgan fingerprint density at radius 3 is 2.72 bits per heavy atom. The molecule has 0 aromatic rings. The number of carbonyl (C=O) groups is 2. The molecule has 0 aromatic carbocycles. The lowest BCUT2D eigenvalue weighted by atomic mass is 9.52. The molecule has 164 valence electrons. The topological polar surface area (TPSA) is 52.6 Å². The summed E-state index contributed by atoms with van der Waals surface area (Å²) in [4.78, 5) is 25.4. The molecule has 8 atom stereocenters. The van der Waals surface area contributed by atoms with E-state index >= 15 is 0 Å². The summed E-state index contributed by atoms with van der Waals surface area (Å²) in [7, 11) is 1.46. The number of ketones is 1. The minimum Gasteiger partial charge on any atom is -0.469 e. The molecule has 1 spiro atoms. The number of Topliss-reactive ketones (excluding diaryl/α,β-unsaturated/α-hetero) is 1. The molecule has 29 heavy (non-hydrogen) atoms. The first-order valence-corrected chi connectivity index (χ1v) is 12.1. The van der Waals surface area contributed by atoms with Gasteiger partial charge in [0.1, 0.15) is 5.60 Å². The van der Waals surface area contributed by atoms with Crippen LogP contribution in [0.2, 0.25) is 0 Å². The van der Waals surface area contributed by atoms with Gasteiger partial charge in [-0.1, -0.05) is 27.2 Å². The van der Waals surface area contributed by atoms with E-state index in [0.29, 0.717) is 48.2 Å². The second-order valence-electron chi connectivity index (χ2n) is 11.0. The van der Waals surface area contributed by atoms with Gasteiger partial charge in [-0.15, -0.1) is 0 Å². The Labute approximate surface area is 176 Å². The number of esters is 1. The zero-order chi connectivity index (χ0) is 20.8. The van der Waals surface area contributed by atoms with Gasteiger partial charge in [-0.25, -0.2) is 0 Å². The minimum atomic E-state index is -0.489. The molecule has 2 saturated heterocycles. The first-order chi connectivity index (χ1) is 13.8. The molecule has 4 heteroatoms. The van der Waals surface area contributed by atoms with Crippen LogP contribution in [0.4, 0.5) is 0 Å². The van der Waals surface area contributed by atoms with E-state index in [4.69, 9.17) is 9.47 Å². The second kappa shape index (κ2) is 7.98. The molecule has 4 nitrogen and oxygen atoms in total. The highest BCUT2D eigenvalue weighted by Gasteiger charge is 2.64. The van der Waals surface area contributed by atoms with Crippen molar-refractivity contribution >= 4 is 11.8 Å². The quantitative estimate of drug-likeness (QED) is 0.595. The van der Waals surface area contributed by atoms with Gasteiger partial charge < -0.3 is 9.47 Å². The van der Waals surface area contributed by atoms with Crippen molar-refractivity contribution in [1.29, 1.82) is 0 Å². The van der Waals surface area contributed by atoms with E-state index in [2.05, 4.69) is 20.8 Å². The van der Waals surface area contributed by atoms with E-state index in [-0.39, 0.29) is 17.5 Å². The Bertz CT molecular complexity index is 645. The van der Waals surface area contributed by atoms with Crippen molar-refractivity contribution < 1.29 is 19.1 Å². The number of fused-ring (bicyclic) bond motifs is 3. The first-order valence-electron chi connectivity index (χ1n) is 12.1. The zero-order valence-electron chi connectivity index (χ0n) is 18.9. The molecule has 0 unspecified atom stereocenters. The largest absolute Gasteiger partial charge is 0.469 e. The minimum absolute atomic E-state index is 0.0568. The fourth-order valence-corrected chi connectivity index (χ4v) is 7.94. The highest BCUT2D eigenvalue weighted by molar-refractivity contribution is 5.89. The SMILES string of the molecule is COC(=O)CC[C@@H](C)[C@@H]1CC[C@@H]2[C@@H]3CC[C@@H](C)C[C@H]4CCC[C@@]3(O4)C(=O)C[C@]21C. The monoisotopic (exact) mass is 404 g/mol. The lowest BCUT2D eigenvalue weighted by Crippen LogP contribution is -2.62. The molecule has 2 saturated carbocycles. The van der Waals surface area contributed by atoms with Crippen LogP contribution in [-0.4, -0.2) is 30.6 Å². The maximum Gasteiger partial charge on any atom is 0.305 e. The molecule has 0 radical (unpaired) electrons. The predicted molar refractivity (Wildman–Crippen MR) is 112 cm³/mol. The second-order valence-corrected chi connectivity index (χ2v) is 11.0. The van der Waals surface area contributed by atoms with Gasteiger partial charge in [0.05, 0.1) is 13.2 Å². The Hall–Kier alpha value is -0.900. The number of hydrogen-bond donors (Lipinski definition) is 0. The number of rotatable bonds is 4. The molecule has 4 aliphatic rings. The fourth-order valence-electron chi connectivity index (χ4n) is 7.94. The van der Waals surface area contributed by atoms with Crippen LogP contribution in [0.5, 0.6) is 0 Å². The summed E-state index contributed by atoms with van der Waals surface area (Å²) < 4.78 is 11.6.